The van der Waals surface area contributed by atoms with E-state index in [2.05, 4.69) is 5.32 Å². The van der Waals surface area contributed by atoms with E-state index >= 15 is 0 Å². The van der Waals surface area contributed by atoms with E-state index in [4.69, 9.17) is 0 Å². The maximum Gasteiger partial charge on any atom is 0.270 e. The monoisotopic (exact) mass is 265 g/mol. The van der Waals surface area contributed by atoms with Crippen LogP contribution in [0.25, 0.3) is 0 Å². The predicted molar refractivity (Wildman–Crippen MR) is 68.7 cm³/mol. The summed E-state index contributed by atoms with van der Waals surface area (Å²) in [5.41, 5.74) is -0.0214. The lowest BCUT2D eigenvalue weighted by molar-refractivity contribution is -0.384. The average molecular weight is 265 g/mol. The van der Waals surface area contributed by atoms with Gasteiger partial charge in [0.15, 0.2) is 0 Å². The summed E-state index contributed by atoms with van der Waals surface area (Å²) in [7, 11) is 3.16. The van der Waals surface area contributed by atoms with Crippen molar-refractivity contribution in [3.63, 3.8) is 0 Å². The number of non-ortho nitro benzene ring substituents is 1. The number of rotatable bonds is 4. The Labute approximate surface area is 110 Å². The van der Waals surface area contributed by atoms with Gasteiger partial charge in [0.05, 0.1) is 4.92 Å². The molecule has 1 aromatic carbocycles. The van der Waals surface area contributed by atoms with Gasteiger partial charge in [0, 0.05) is 31.8 Å². The van der Waals surface area contributed by atoms with Gasteiger partial charge < -0.3 is 10.2 Å². The van der Waals surface area contributed by atoms with Crippen LogP contribution in [0.15, 0.2) is 24.3 Å². The second-order valence-electron chi connectivity index (χ2n) is 4.24. The molecule has 0 bridgehead atoms. The SMILES string of the molecule is CC(NC(=O)c1cccc([N+](=O)[O-])c1)C(=O)N(C)C. The van der Waals surface area contributed by atoms with Gasteiger partial charge in [-0.05, 0) is 13.0 Å². The highest BCUT2D eigenvalue weighted by Gasteiger charge is 2.19. The molecule has 0 aromatic heterocycles. The molecular formula is C12H15N3O4. The van der Waals surface area contributed by atoms with Gasteiger partial charge in [-0.15, -0.1) is 0 Å². The number of nitrogens with zero attached hydrogens (tertiary/aromatic N) is 2. The molecule has 0 radical (unpaired) electrons. The van der Waals surface area contributed by atoms with Crippen LogP contribution in [0.3, 0.4) is 0 Å². The zero-order valence-corrected chi connectivity index (χ0v) is 10.9. The van der Waals surface area contributed by atoms with Crippen molar-refractivity contribution in [3.8, 4) is 0 Å². The minimum atomic E-state index is -0.693. The molecule has 1 aromatic rings. The number of benzene rings is 1. The Morgan fingerprint density at radius 3 is 2.53 bits per heavy atom. The Kier molecular flexibility index (Phi) is 4.57. The summed E-state index contributed by atoms with van der Waals surface area (Å²) in [5, 5.41) is 13.1. The van der Waals surface area contributed by atoms with E-state index in [0.717, 1.165) is 0 Å². The first-order chi connectivity index (χ1) is 8.82. The Hall–Kier alpha value is -2.44. The third-order valence-corrected chi connectivity index (χ3v) is 2.48. The Balaban J connectivity index is 2.81. The molecule has 1 rings (SSSR count). The van der Waals surface area contributed by atoms with E-state index in [0.29, 0.717) is 0 Å². The highest BCUT2D eigenvalue weighted by atomic mass is 16.6. The van der Waals surface area contributed by atoms with Crippen molar-refractivity contribution in [2.45, 2.75) is 13.0 Å². The number of likely N-dealkylation sites (N-methyl/N-ethyl adjacent to an activating group) is 1. The summed E-state index contributed by atoms with van der Waals surface area (Å²) >= 11 is 0. The average Bonchev–Trinajstić information content (AvgIpc) is 2.37. The molecule has 1 N–H and O–H groups in total. The molecule has 0 heterocycles. The summed E-state index contributed by atoms with van der Waals surface area (Å²) in [5.74, 6) is -0.773. The predicted octanol–water partition coefficient (Wildman–Crippen LogP) is 0.801. The van der Waals surface area contributed by atoms with Gasteiger partial charge in [0.1, 0.15) is 6.04 Å². The second kappa shape index (κ2) is 5.94. The number of nitro groups is 1. The third kappa shape index (κ3) is 3.77. The molecule has 0 fully saturated rings. The molecule has 0 aliphatic rings. The molecule has 2 amide bonds. The summed E-state index contributed by atoms with van der Waals surface area (Å²) < 4.78 is 0. The number of hydrogen-bond donors (Lipinski definition) is 1. The van der Waals surface area contributed by atoms with Crippen LogP contribution in [0.5, 0.6) is 0 Å². The fourth-order valence-corrected chi connectivity index (χ4v) is 1.49. The Bertz CT molecular complexity index is 513. The topological polar surface area (TPSA) is 92.5 Å². The fourth-order valence-electron chi connectivity index (χ4n) is 1.49. The van der Waals surface area contributed by atoms with E-state index in [9.17, 15) is 19.7 Å². The molecule has 102 valence electrons. The van der Waals surface area contributed by atoms with Gasteiger partial charge in [-0.2, -0.15) is 0 Å². The van der Waals surface area contributed by atoms with E-state index in [1.807, 2.05) is 0 Å². The summed E-state index contributed by atoms with van der Waals surface area (Å²) in [4.78, 5) is 34.8. The first kappa shape index (κ1) is 14.6. The van der Waals surface area contributed by atoms with E-state index in [1.165, 1.54) is 29.2 Å². The molecule has 7 heteroatoms. The highest BCUT2D eigenvalue weighted by Crippen LogP contribution is 2.13. The van der Waals surface area contributed by atoms with Crippen molar-refractivity contribution >= 4 is 17.5 Å². The normalized spacial score (nSPS) is 11.5. The van der Waals surface area contributed by atoms with Gasteiger partial charge in [0.2, 0.25) is 5.91 Å². The first-order valence-corrected chi connectivity index (χ1v) is 5.59. The molecule has 0 aliphatic carbocycles. The molecule has 0 saturated heterocycles. The van der Waals surface area contributed by atoms with Crippen LogP contribution in [-0.2, 0) is 4.79 Å². The van der Waals surface area contributed by atoms with Crippen LogP contribution in [0.4, 0.5) is 5.69 Å². The number of nitrogens with one attached hydrogen (secondary N) is 1. The van der Waals surface area contributed by atoms with Crippen LogP contribution in [0, 0.1) is 10.1 Å². The zero-order valence-electron chi connectivity index (χ0n) is 10.9. The Morgan fingerprint density at radius 1 is 1.37 bits per heavy atom. The summed E-state index contributed by atoms with van der Waals surface area (Å²) in [6.07, 6.45) is 0. The lowest BCUT2D eigenvalue weighted by atomic mass is 10.1. The van der Waals surface area contributed by atoms with E-state index < -0.39 is 16.9 Å². The standard InChI is InChI=1S/C12H15N3O4/c1-8(12(17)14(2)3)13-11(16)9-5-4-6-10(7-9)15(18)19/h4-8H,1-3H3,(H,13,16). The van der Waals surface area contributed by atoms with Crippen molar-refractivity contribution in [1.82, 2.24) is 10.2 Å². The maximum absolute atomic E-state index is 11.9. The molecule has 1 unspecified atom stereocenters. The lowest BCUT2D eigenvalue weighted by Gasteiger charge is -2.17. The van der Waals surface area contributed by atoms with Crippen LogP contribution in [0.2, 0.25) is 0 Å². The van der Waals surface area contributed by atoms with Gasteiger partial charge in [-0.1, -0.05) is 6.07 Å². The van der Waals surface area contributed by atoms with Gasteiger partial charge in [-0.3, -0.25) is 19.7 Å². The smallest absolute Gasteiger partial charge is 0.270 e. The zero-order chi connectivity index (χ0) is 14.6. The van der Waals surface area contributed by atoms with Crippen molar-refractivity contribution in [3.05, 3.63) is 39.9 Å². The van der Waals surface area contributed by atoms with Crippen LogP contribution in [0.1, 0.15) is 17.3 Å². The van der Waals surface area contributed by atoms with Crippen molar-refractivity contribution in [1.29, 1.82) is 0 Å². The van der Waals surface area contributed by atoms with Crippen molar-refractivity contribution < 1.29 is 14.5 Å². The largest absolute Gasteiger partial charge is 0.347 e. The fraction of sp³-hybridized carbons (Fsp3) is 0.333. The van der Waals surface area contributed by atoms with Gasteiger partial charge >= 0.3 is 0 Å². The molecule has 7 nitrogen and oxygen atoms in total. The minimum absolute atomic E-state index is 0.146. The molecule has 19 heavy (non-hydrogen) atoms. The Morgan fingerprint density at radius 2 is 2.00 bits per heavy atom. The number of nitro benzene ring substituents is 1. The summed E-state index contributed by atoms with van der Waals surface area (Å²) in [6, 6.07) is 4.65. The lowest BCUT2D eigenvalue weighted by Crippen LogP contribution is -2.44. The third-order valence-electron chi connectivity index (χ3n) is 2.48. The molecule has 0 aliphatic heterocycles. The number of amides is 2. The summed E-state index contributed by atoms with van der Waals surface area (Å²) in [6.45, 7) is 1.55. The molecule has 1 atom stereocenters. The number of carbonyl (C=O) groups is 2. The van der Waals surface area contributed by atoms with Crippen molar-refractivity contribution in [2.24, 2.45) is 0 Å². The van der Waals surface area contributed by atoms with E-state index in [-0.39, 0.29) is 17.2 Å². The first-order valence-electron chi connectivity index (χ1n) is 5.59. The van der Waals surface area contributed by atoms with Crippen LogP contribution < -0.4 is 5.32 Å². The molecule has 0 spiro atoms. The number of hydrogen-bond acceptors (Lipinski definition) is 4. The number of carbonyl (C=O) groups excluding carboxylic acids is 2. The van der Waals surface area contributed by atoms with Crippen LogP contribution in [-0.4, -0.2) is 41.8 Å². The van der Waals surface area contributed by atoms with Gasteiger partial charge in [0.25, 0.3) is 11.6 Å². The highest BCUT2D eigenvalue weighted by molar-refractivity contribution is 5.97. The minimum Gasteiger partial charge on any atom is -0.347 e. The molecule has 0 saturated carbocycles. The van der Waals surface area contributed by atoms with Gasteiger partial charge in [-0.25, -0.2) is 0 Å². The molecular weight excluding hydrogens is 250 g/mol. The van der Waals surface area contributed by atoms with E-state index in [1.54, 1.807) is 21.0 Å². The second-order valence-corrected chi connectivity index (χ2v) is 4.24. The van der Waals surface area contributed by atoms with Crippen molar-refractivity contribution in [2.75, 3.05) is 14.1 Å². The van der Waals surface area contributed by atoms with Crippen LogP contribution >= 0.6 is 0 Å². The maximum atomic E-state index is 11.9. The quantitative estimate of drug-likeness (QED) is 0.643.